The summed E-state index contributed by atoms with van der Waals surface area (Å²) < 4.78 is 0. The molecule has 1 amide bonds. The van der Waals surface area contributed by atoms with E-state index in [0.717, 1.165) is 32.2 Å². The van der Waals surface area contributed by atoms with E-state index in [-0.39, 0.29) is 30.7 Å². The van der Waals surface area contributed by atoms with Crippen molar-refractivity contribution in [2.45, 2.75) is 45.1 Å². The largest absolute Gasteiger partial charge is 0.355 e. The quantitative estimate of drug-likeness (QED) is 0.746. The molecule has 1 aliphatic heterocycles. The van der Waals surface area contributed by atoms with Crippen LogP contribution in [0.25, 0.3) is 0 Å². The maximum absolute atomic E-state index is 11.9. The van der Waals surface area contributed by atoms with E-state index < -0.39 is 0 Å². The van der Waals surface area contributed by atoms with E-state index in [1.165, 1.54) is 25.7 Å². The number of piperidine rings is 1. The SMILES string of the molecule is CC(CC(=O)NCCN(C)C1CC1)C1CCCNC1.Cl.Cl. The summed E-state index contributed by atoms with van der Waals surface area (Å²) in [6.07, 6.45) is 5.86. The van der Waals surface area contributed by atoms with E-state index in [0.29, 0.717) is 18.3 Å². The van der Waals surface area contributed by atoms with Crippen LogP contribution in [-0.4, -0.2) is 50.1 Å². The Morgan fingerprint density at radius 3 is 2.62 bits per heavy atom. The van der Waals surface area contributed by atoms with Crippen molar-refractivity contribution in [1.29, 1.82) is 0 Å². The molecule has 21 heavy (non-hydrogen) atoms. The molecule has 1 heterocycles. The average molecular weight is 340 g/mol. The van der Waals surface area contributed by atoms with Gasteiger partial charge in [-0.25, -0.2) is 0 Å². The van der Waals surface area contributed by atoms with Crippen molar-refractivity contribution in [3.05, 3.63) is 0 Å². The third kappa shape index (κ3) is 7.68. The summed E-state index contributed by atoms with van der Waals surface area (Å²) in [5.74, 6) is 1.39. The number of hydrogen-bond acceptors (Lipinski definition) is 3. The number of rotatable bonds is 7. The molecule has 2 aliphatic rings. The van der Waals surface area contributed by atoms with Crippen molar-refractivity contribution in [2.24, 2.45) is 11.8 Å². The summed E-state index contributed by atoms with van der Waals surface area (Å²) in [5.41, 5.74) is 0. The first-order valence-corrected chi connectivity index (χ1v) is 7.84. The van der Waals surface area contributed by atoms with Crippen molar-refractivity contribution in [1.82, 2.24) is 15.5 Å². The topological polar surface area (TPSA) is 44.4 Å². The molecule has 2 atom stereocenters. The van der Waals surface area contributed by atoms with Crippen molar-refractivity contribution in [2.75, 3.05) is 33.2 Å². The number of hydrogen-bond donors (Lipinski definition) is 2. The van der Waals surface area contributed by atoms with E-state index in [1.807, 2.05) is 0 Å². The van der Waals surface area contributed by atoms with Gasteiger partial charge in [-0.2, -0.15) is 0 Å². The molecule has 1 saturated carbocycles. The lowest BCUT2D eigenvalue weighted by molar-refractivity contribution is -0.122. The zero-order valence-electron chi connectivity index (χ0n) is 13.3. The molecule has 2 fully saturated rings. The molecular formula is C15H31Cl2N3O. The first kappa shape index (κ1) is 21.0. The van der Waals surface area contributed by atoms with Crippen molar-refractivity contribution >= 4 is 30.7 Å². The van der Waals surface area contributed by atoms with Crippen LogP contribution in [0, 0.1) is 11.8 Å². The second-order valence-corrected chi connectivity index (χ2v) is 6.35. The molecule has 4 nitrogen and oxygen atoms in total. The highest BCUT2D eigenvalue weighted by molar-refractivity contribution is 5.85. The van der Waals surface area contributed by atoms with Gasteiger partial charge in [-0.05, 0) is 57.7 Å². The fourth-order valence-electron chi connectivity index (χ4n) is 2.97. The number of nitrogens with one attached hydrogen (secondary N) is 2. The van der Waals surface area contributed by atoms with Gasteiger partial charge in [-0.1, -0.05) is 6.92 Å². The zero-order chi connectivity index (χ0) is 13.7. The van der Waals surface area contributed by atoms with E-state index in [2.05, 4.69) is 29.5 Å². The average Bonchev–Trinajstić information content (AvgIpc) is 3.24. The second-order valence-electron chi connectivity index (χ2n) is 6.35. The van der Waals surface area contributed by atoms with Gasteiger partial charge in [-0.3, -0.25) is 4.79 Å². The Morgan fingerprint density at radius 1 is 1.33 bits per heavy atom. The highest BCUT2D eigenvalue weighted by atomic mass is 35.5. The van der Waals surface area contributed by atoms with E-state index in [9.17, 15) is 4.79 Å². The fourth-order valence-corrected chi connectivity index (χ4v) is 2.97. The van der Waals surface area contributed by atoms with Crippen LogP contribution in [-0.2, 0) is 4.79 Å². The van der Waals surface area contributed by atoms with Crippen LogP contribution in [0.15, 0.2) is 0 Å². The Balaban J connectivity index is 0.00000200. The van der Waals surface area contributed by atoms with Crippen LogP contribution in [0.5, 0.6) is 0 Å². The predicted octanol–water partition coefficient (Wildman–Crippen LogP) is 2.07. The van der Waals surface area contributed by atoms with Gasteiger partial charge in [0.1, 0.15) is 0 Å². The molecule has 1 aliphatic carbocycles. The summed E-state index contributed by atoms with van der Waals surface area (Å²) in [7, 11) is 2.15. The maximum Gasteiger partial charge on any atom is 0.220 e. The number of halogens is 2. The molecule has 0 aromatic heterocycles. The second kappa shape index (κ2) is 10.7. The number of carbonyl (C=O) groups excluding carboxylic acids is 1. The third-order valence-electron chi connectivity index (χ3n) is 4.60. The van der Waals surface area contributed by atoms with Crippen molar-refractivity contribution in [3.8, 4) is 0 Å². The van der Waals surface area contributed by atoms with Crippen molar-refractivity contribution in [3.63, 3.8) is 0 Å². The first-order chi connectivity index (χ1) is 9.16. The summed E-state index contributed by atoms with van der Waals surface area (Å²) in [6, 6.07) is 0.782. The molecule has 0 aromatic carbocycles. The van der Waals surface area contributed by atoms with Gasteiger partial charge < -0.3 is 15.5 Å². The van der Waals surface area contributed by atoms with E-state index in [1.54, 1.807) is 0 Å². The van der Waals surface area contributed by atoms with Gasteiger partial charge in [-0.15, -0.1) is 24.8 Å². The first-order valence-electron chi connectivity index (χ1n) is 7.84. The minimum atomic E-state index is 0. The van der Waals surface area contributed by atoms with Crippen LogP contribution in [0.3, 0.4) is 0 Å². The lowest BCUT2D eigenvalue weighted by Gasteiger charge is -2.28. The van der Waals surface area contributed by atoms with Crippen LogP contribution in [0.2, 0.25) is 0 Å². The summed E-state index contributed by atoms with van der Waals surface area (Å²) in [4.78, 5) is 14.3. The van der Waals surface area contributed by atoms with Gasteiger partial charge in [0.15, 0.2) is 0 Å². The summed E-state index contributed by atoms with van der Waals surface area (Å²) >= 11 is 0. The Kier molecular flexibility index (Phi) is 10.6. The maximum atomic E-state index is 11.9. The number of nitrogens with zero attached hydrogens (tertiary/aromatic N) is 1. The Labute approximate surface area is 141 Å². The molecule has 0 aromatic rings. The third-order valence-corrected chi connectivity index (χ3v) is 4.60. The lowest BCUT2D eigenvalue weighted by Crippen LogP contribution is -2.37. The van der Waals surface area contributed by atoms with Crippen LogP contribution < -0.4 is 10.6 Å². The smallest absolute Gasteiger partial charge is 0.220 e. The molecule has 2 rings (SSSR count). The Morgan fingerprint density at radius 2 is 2.05 bits per heavy atom. The van der Waals surface area contributed by atoms with Crippen molar-refractivity contribution < 1.29 is 4.79 Å². The highest BCUT2D eigenvalue weighted by Gasteiger charge is 2.26. The van der Waals surface area contributed by atoms with Gasteiger partial charge >= 0.3 is 0 Å². The molecule has 6 heteroatoms. The molecule has 2 unspecified atom stereocenters. The minimum Gasteiger partial charge on any atom is -0.355 e. The molecule has 1 saturated heterocycles. The van der Waals surface area contributed by atoms with Gasteiger partial charge in [0.05, 0.1) is 0 Å². The van der Waals surface area contributed by atoms with Crippen LogP contribution in [0.4, 0.5) is 0 Å². The predicted molar refractivity (Wildman–Crippen MR) is 92.5 cm³/mol. The highest BCUT2D eigenvalue weighted by Crippen LogP contribution is 2.24. The molecule has 0 spiro atoms. The lowest BCUT2D eigenvalue weighted by atomic mass is 9.85. The minimum absolute atomic E-state index is 0. The van der Waals surface area contributed by atoms with Gasteiger partial charge in [0.2, 0.25) is 5.91 Å². The normalized spacial score (nSPS) is 22.9. The fraction of sp³-hybridized carbons (Fsp3) is 0.933. The van der Waals surface area contributed by atoms with Crippen LogP contribution >= 0.6 is 24.8 Å². The zero-order valence-corrected chi connectivity index (χ0v) is 14.9. The molecular weight excluding hydrogens is 309 g/mol. The van der Waals surface area contributed by atoms with E-state index >= 15 is 0 Å². The molecule has 0 bridgehead atoms. The molecule has 126 valence electrons. The molecule has 2 N–H and O–H groups in total. The Bertz CT molecular complexity index is 295. The monoisotopic (exact) mass is 339 g/mol. The Hall–Kier alpha value is -0.0300. The van der Waals surface area contributed by atoms with Gasteiger partial charge in [0.25, 0.3) is 0 Å². The standard InChI is InChI=1S/C15H29N3O.2ClH/c1-12(13-4-3-7-16-11-13)10-15(19)17-8-9-18(2)14-5-6-14;;/h12-14,16H,3-11H2,1-2H3,(H,17,19);2*1H. The number of amides is 1. The van der Waals surface area contributed by atoms with Crippen LogP contribution in [0.1, 0.15) is 39.0 Å². The van der Waals surface area contributed by atoms with E-state index in [4.69, 9.17) is 0 Å². The number of likely N-dealkylation sites (N-methyl/N-ethyl adjacent to an activating group) is 1. The number of carbonyl (C=O) groups is 1. The summed E-state index contributed by atoms with van der Waals surface area (Å²) in [6.45, 7) is 6.21. The summed E-state index contributed by atoms with van der Waals surface area (Å²) in [5, 5.41) is 6.49. The van der Waals surface area contributed by atoms with Gasteiger partial charge in [0, 0.05) is 25.6 Å². The molecule has 0 radical (unpaired) electrons.